The zero-order chi connectivity index (χ0) is 34.6. The summed E-state index contributed by atoms with van der Waals surface area (Å²) in [5.41, 5.74) is 4.76. The van der Waals surface area contributed by atoms with Crippen molar-refractivity contribution in [2.24, 2.45) is 0 Å². The molecular weight excluding hydrogens is 652 g/mol. The van der Waals surface area contributed by atoms with Gasteiger partial charge in [-0.2, -0.15) is 0 Å². The third-order valence-electron chi connectivity index (χ3n) is 6.93. The third-order valence-corrected chi connectivity index (χ3v) is 9.13. The Bertz CT molecular complexity index is 2000. The quantitative estimate of drug-likeness (QED) is 0.112. The van der Waals surface area contributed by atoms with Gasteiger partial charge in [-0.3, -0.25) is 9.69 Å². The van der Waals surface area contributed by atoms with Crippen LogP contribution in [-0.4, -0.2) is 64.8 Å². The smallest absolute Gasteiger partial charge is 0.417 e. The molecule has 0 bridgehead atoms. The number of carbonyl (C=O) groups excluding carboxylic acids is 3. The molecule has 9 nitrogen and oxygen atoms in total. The standard InChI is InChI=1S/C35H39ClN4O5SSi/c1-20-19-39(32(42)44-34(2,3)4)29-28-23-11-12-24(21-17-22(37-27(36)18-21)15-16-47(8,9)10)38-25(23)13-14-26(28)46-30(29)31(41)40(20)33(43)45-35(5,6)7/h11-14,17-18,20H,19H2,1-10H3/t20-/m1/s1. The van der Waals surface area contributed by atoms with E-state index in [4.69, 9.17) is 26.1 Å². The number of amides is 3. The Balaban J connectivity index is 1.69. The molecular formula is C35H39ClN4O5SSi. The van der Waals surface area contributed by atoms with E-state index >= 15 is 0 Å². The first-order valence-corrected chi connectivity index (χ1v) is 20.0. The molecule has 3 aromatic heterocycles. The van der Waals surface area contributed by atoms with Crippen LogP contribution in [0.2, 0.25) is 24.8 Å². The normalized spacial score (nSPS) is 15.6. The van der Waals surface area contributed by atoms with Crippen molar-refractivity contribution in [3.05, 3.63) is 52.1 Å². The number of fused-ring (bicyclic) bond motifs is 5. The molecule has 1 aliphatic heterocycles. The third kappa shape index (κ3) is 7.61. The Labute approximate surface area is 285 Å². The molecule has 0 radical (unpaired) electrons. The monoisotopic (exact) mass is 690 g/mol. The number of hydrogen-bond donors (Lipinski definition) is 0. The molecule has 1 atom stereocenters. The molecule has 3 amide bonds. The van der Waals surface area contributed by atoms with Crippen molar-refractivity contribution in [2.45, 2.75) is 85.4 Å². The van der Waals surface area contributed by atoms with Gasteiger partial charge >= 0.3 is 12.2 Å². The van der Waals surface area contributed by atoms with Crippen molar-refractivity contribution in [3.8, 4) is 22.7 Å². The molecule has 47 heavy (non-hydrogen) atoms. The molecule has 0 N–H and O–H groups in total. The fourth-order valence-corrected chi connectivity index (χ4v) is 6.98. The number of pyridine rings is 2. The highest BCUT2D eigenvalue weighted by atomic mass is 35.5. The van der Waals surface area contributed by atoms with Gasteiger partial charge in [-0.1, -0.05) is 37.2 Å². The van der Waals surface area contributed by atoms with Gasteiger partial charge in [0.1, 0.15) is 35.0 Å². The predicted octanol–water partition coefficient (Wildman–Crippen LogP) is 8.91. The Morgan fingerprint density at radius 2 is 1.64 bits per heavy atom. The lowest BCUT2D eigenvalue weighted by Crippen LogP contribution is -2.49. The summed E-state index contributed by atoms with van der Waals surface area (Å²) in [6, 6.07) is 10.5. The zero-order valence-corrected chi connectivity index (χ0v) is 30.9. The van der Waals surface area contributed by atoms with Crippen LogP contribution >= 0.6 is 22.9 Å². The van der Waals surface area contributed by atoms with E-state index in [0.29, 0.717) is 33.1 Å². The van der Waals surface area contributed by atoms with Gasteiger partial charge in [0.05, 0.1) is 29.5 Å². The molecule has 12 heteroatoms. The summed E-state index contributed by atoms with van der Waals surface area (Å²) in [5, 5.41) is 1.73. The molecule has 1 aliphatic rings. The van der Waals surface area contributed by atoms with Crippen molar-refractivity contribution < 1.29 is 23.9 Å². The van der Waals surface area contributed by atoms with Gasteiger partial charge in [0.25, 0.3) is 5.91 Å². The van der Waals surface area contributed by atoms with Crippen molar-refractivity contribution in [2.75, 3.05) is 11.4 Å². The van der Waals surface area contributed by atoms with Crippen molar-refractivity contribution in [3.63, 3.8) is 0 Å². The summed E-state index contributed by atoms with van der Waals surface area (Å²) >= 11 is 7.61. The minimum atomic E-state index is -1.63. The van der Waals surface area contributed by atoms with Crippen LogP contribution in [0.15, 0.2) is 36.4 Å². The van der Waals surface area contributed by atoms with Gasteiger partial charge in [-0.15, -0.1) is 16.9 Å². The molecule has 0 spiro atoms. The fraction of sp³-hybridized carbons (Fsp3) is 0.400. The maximum absolute atomic E-state index is 14.2. The average Bonchev–Trinajstić information content (AvgIpc) is 3.27. The first kappa shape index (κ1) is 34.4. The number of aromatic nitrogens is 2. The lowest BCUT2D eigenvalue weighted by Gasteiger charge is -2.31. The van der Waals surface area contributed by atoms with E-state index in [1.807, 2.05) is 30.3 Å². The minimum absolute atomic E-state index is 0.0113. The Kier molecular flexibility index (Phi) is 8.94. The number of hydrogen-bond acceptors (Lipinski definition) is 8. The maximum Gasteiger partial charge on any atom is 0.417 e. The second kappa shape index (κ2) is 12.2. The highest BCUT2D eigenvalue weighted by Gasteiger charge is 2.42. The van der Waals surface area contributed by atoms with Crippen LogP contribution in [0.3, 0.4) is 0 Å². The van der Waals surface area contributed by atoms with Crippen LogP contribution in [0.5, 0.6) is 0 Å². The predicted molar refractivity (Wildman–Crippen MR) is 191 cm³/mol. The molecule has 4 aromatic rings. The van der Waals surface area contributed by atoms with Crippen LogP contribution in [0, 0.1) is 11.5 Å². The lowest BCUT2D eigenvalue weighted by atomic mass is 10.1. The highest BCUT2D eigenvalue weighted by molar-refractivity contribution is 7.21. The summed E-state index contributed by atoms with van der Waals surface area (Å²) in [5.74, 6) is 2.63. The number of thiophene rings is 1. The summed E-state index contributed by atoms with van der Waals surface area (Å²) in [6.07, 6.45) is -1.39. The Hall–Kier alpha value is -3.98. The fourth-order valence-electron chi connectivity index (χ4n) is 5.11. The van der Waals surface area contributed by atoms with Crippen LogP contribution < -0.4 is 4.90 Å². The SMILES string of the molecule is C[C@@H]1CN(C(=O)OC(C)(C)C)c2c(sc3ccc4nc(-c5cc(Cl)nc(C#C[Si](C)(C)C)c5)ccc4c23)C(=O)N1C(=O)OC(C)(C)C. The number of anilines is 1. The number of imide groups is 1. The number of halogens is 1. The Morgan fingerprint density at radius 3 is 2.28 bits per heavy atom. The van der Waals surface area contributed by atoms with Gasteiger partial charge in [-0.05, 0) is 84.9 Å². The highest BCUT2D eigenvalue weighted by Crippen LogP contribution is 2.45. The van der Waals surface area contributed by atoms with Crippen LogP contribution in [-0.2, 0) is 9.47 Å². The zero-order valence-electron chi connectivity index (χ0n) is 28.4. The molecule has 0 unspecified atom stereocenters. The molecule has 0 fully saturated rings. The number of rotatable bonds is 1. The van der Waals surface area contributed by atoms with E-state index < -0.39 is 43.4 Å². The van der Waals surface area contributed by atoms with E-state index in [9.17, 15) is 14.4 Å². The maximum atomic E-state index is 14.2. The summed E-state index contributed by atoms with van der Waals surface area (Å²) < 4.78 is 12.2. The molecule has 0 saturated carbocycles. The van der Waals surface area contributed by atoms with E-state index in [1.54, 1.807) is 54.5 Å². The number of benzene rings is 1. The topological polar surface area (TPSA) is 102 Å². The molecule has 246 valence electrons. The molecule has 0 aliphatic carbocycles. The van der Waals surface area contributed by atoms with E-state index in [0.717, 1.165) is 20.5 Å². The van der Waals surface area contributed by atoms with Crippen molar-refractivity contribution in [1.82, 2.24) is 14.9 Å². The van der Waals surface area contributed by atoms with Gasteiger partial charge in [0.2, 0.25) is 0 Å². The van der Waals surface area contributed by atoms with Gasteiger partial charge in [0, 0.05) is 21.0 Å². The second-order valence-corrected chi connectivity index (χ2v) is 20.8. The van der Waals surface area contributed by atoms with Gasteiger partial charge < -0.3 is 9.47 Å². The minimum Gasteiger partial charge on any atom is -0.443 e. The molecule has 5 rings (SSSR count). The first-order chi connectivity index (χ1) is 21.7. The largest absolute Gasteiger partial charge is 0.443 e. The van der Waals surface area contributed by atoms with Crippen LogP contribution in [0.4, 0.5) is 15.3 Å². The van der Waals surface area contributed by atoms with E-state index in [1.165, 1.54) is 16.2 Å². The number of ether oxygens (including phenoxy) is 2. The second-order valence-electron chi connectivity index (χ2n) is 14.6. The van der Waals surface area contributed by atoms with Crippen molar-refractivity contribution >= 4 is 75.8 Å². The van der Waals surface area contributed by atoms with E-state index in [2.05, 4.69) is 36.1 Å². The van der Waals surface area contributed by atoms with Gasteiger partial charge in [0.15, 0.2) is 0 Å². The molecule has 1 aromatic carbocycles. The Morgan fingerprint density at radius 1 is 0.979 bits per heavy atom. The number of nitrogens with zero attached hydrogens (tertiary/aromatic N) is 4. The first-order valence-electron chi connectivity index (χ1n) is 15.4. The van der Waals surface area contributed by atoms with Crippen LogP contribution in [0.25, 0.3) is 32.2 Å². The summed E-state index contributed by atoms with van der Waals surface area (Å²) in [4.78, 5) is 53.5. The van der Waals surface area contributed by atoms with E-state index in [-0.39, 0.29) is 11.4 Å². The molecule has 4 heterocycles. The van der Waals surface area contributed by atoms with Crippen molar-refractivity contribution in [1.29, 1.82) is 0 Å². The molecule has 0 saturated heterocycles. The summed E-state index contributed by atoms with van der Waals surface area (Å²) in [6.45, 7) is 18.8. The van der Waals surface area contributed by atoms with Gasteiger partial charge in [-0.25, -0.2) is 24.5 Å². The average molecular weight is 691 g/mol. The lowest BCUT2D eigenvalue weighted by molar-refractivity contribution is 0.0182. The number of carbonyl (C=O) groups is 3. The summed E-state index contributed by atoms with van der Waals surface area (Å²) in [7, 11) is -1.63. The van der Waals surface area contributed by atoms with Crippen LogP contribution in [0.1, 0.15) is 63.8 Å².